The molecule has 5 nitrogen and oxygen atoms in total. The number of allylic oxidation sites excluding steroid dienone is 1. The number of fused-ring (bicyclic) bond motifs is 3. The maximum Gasteiger partial charge on any atom is 0.283 e. The number of ether oxygens (including phenoxy) is 3. The smallest absolute Gasteiger partial charge is 0.283 e. The number of aliphatic imine (C=N–C) groups is 1. The molecule has 0 bridgehead atoms. The molecule has 96 valence electrons. The molecule has 1 spiro atoms. The van der Waals surface area contributed by atoms with E-state index >= 15 is 0 Å². The molecule has 19 heavy (non-hydrogen) atoms. The van der Waals surface area contributed by atoms with Gasteiger partial charge in [-0.1, -0.05) is 18.2 Å². The fraction of sp³-hybridized carbons (Fsp3) is 0.214. The minimum Gasteiger partial charge on any atom is -0.487 e. The number of hydrogen-bond donors (Lipinski definition) is 1. The topological polar surface area (TPSA) is 66.1 Å². The molecule has 0 radical (unpaired) electrons. The largest absolute Gasteiger partial charge is 0.487 e. The molecule has 3 heterocycles. The van der Waals surface area contributed by atoms with Crippen molar-refractivity contribution in [3.05, 3.63) is 53.5 Å². The van der Waals surface area contributed by atoms with Crippen LogP contribution in [0, 0.1) is 0 Å². The van der Waals surface area contributed by atoms with Crippen LogP contribution < -0.4 is 10.5 Å². The van der Waals surface area contributed by atoms with Crippen LogP contribution in [0.4, 0.5) is 0 Å². The first-order valence-electron chi connectivity index (χ1n) is 6.09. The fourth-order valence-corrected chi connectivity index (χ4v) is 2.66. The Morgan fingerprint density at radius 2 is 2.11 bits per heavy atom. The lowest BCUT2D eigenvalue weighted by Gasteiger charge is -2.35. The Hall–Kier alpha value is -2.43. The van der Waals surface area contributed by atoms with Gasteiger partial charge < -0.3 is 19.9 Å². The third-order valence-electron chi connectivity index (χ3n) is 3.48. The molecule has 1 atom stereocenters. The second-order valence-electron chi connectivity index (χ2n) is 4.60. The number of rotatable bonds is 0. The quantitative estimate of drug-likeness (QED) is 0.762. The van der Waals surface area contributed by atoms with Crippen molar-refractivity contribution in [1.82, 2.24) is 0 Å². The maximum absolute atomic E-state index is 5.86. The van der Waals surface area contributed by atoms with Crippen LogP contribution in [-0.2, 0) is 15.0 Å². The summed E-state index contributed by atoms with van der Waals surface area (Å²) >= 11 is 0. The molecule has 0 saturated carbocycles. The Bertz CT molecular complexity index is 648. The molecule has 0 saturated heterocycles. The highest BCUT2D eigenvalue weighted by Gasteiger charge is 2.50. The van der Waals surface area contributed by atoms with Crippen molar-refractivity contribution < 1.29 is 14.2 Å². The van der Waals surface area contributed by atoms with Gasteiger partial charge in [-0.05, 0) is 18.2 Å². The molecule has 0 amide bonds. The zero-order valence-corrected chi connectivity index (χ0v) is 10.1. The third kappa shape index (κ3) is 1.32. The van der Waals surface area contributed by atoms with Crippen LogP contribution >= 0.6 is 0 Å². The second-order valence-corrected chi connectivity index (χ2v) is 4.60. The number of benzene rings is 1. The van der Waals surface area contributed by atoms with Gasteiger partial charge in [-0.3, -0.25) is 0 Å². The van der Waals surface area contributed by atoms with Gasteiger partial charge in [-0.25, -0.2) is 4.99 Å². The molecule has 0 fully saturated rings. The first-order chi connectivity index (χ1) is 9.29. The lowest BCUT2D eigenvalue weighted by atomic mass is 9.86. The maximum atomic E-state index is 5.86. The van der Waals surface area contributed by atoms with Crippen molar-refractivity contribution >= 4 is 6.02 Å². The predicted molar refractivity (Wildman–Crippen MR) is 68.4 cm³/mol. The van der Waals surface area contributed by atoms with E-state index in [0.29, 0.717) is 24.7 Å². The van der Waals surface area contributed by atoms with E-state index in [2.05, 4.69) is 4.99 Å². The van der Waals surface area contributed by atoms with Gasteiger partial charge in [0.15, 0.2) is 17.1 Å². The summed E-state index contributed by atoms with van der Waals surface area (Å²) in [5, 5.41) is 0. The molecule has 3 aliphatic rings. The number of hydrogen-bond acceptors (Lipinski definition) is 5. The van der Waals surface area contributed by atoms with Crippen molar-refractivity contribution in [2.45, 2.75) is 5.54 Å². The van der Waals surface area contributed by atoms with Crippen LogP contribution in [0.2, 0.25) is 0 Å². The van der Waals surface area contributed by atoms with Crippen molar-refractivity contribution in [1.29, 1.82) is 0 Å². The summed E-state index contributed by atoms with van der Waals surface area (Å²) in [6.07, 6.45) is 3.81. The average molecular weight is 256 g/mol. The Morgan fingerprint density at radius 1 is 1.21 bits per heavy atom. The first-order valence-corrected chi connectivity index (χ1v) is 6.09. The van der Waals surface area contributed by atoms with Crippen molar-refractivity contribution in [2.24, 2.45) is 10.7 Å². The summed E-state index contributed by atoms with van der Waals surface area (Å²) in [6, 6.07) is 7.92. The number of para-hydroxylation sites is 1. The Kier molecular flexibility index (Phi) is 1.95. The lowest BCUT2D eigenvalue weighted by molar-refractivity contribution is 0.132. The van der Waals surface area contributed by atoms with Crippen molar-refractivity contribution in [2.75, 3.05) is 13.2 Å². The van der Waals surface area contributed by atoms with E-state index in [9.17, 15) is 0 Å². The van der Waals surface area contributed by atoms with Crippen LogP contribution in [0.3, 0.4) is 0 Å². The van der Waals surface area contributed by atoms with Gasteiger partial charge in [0.1, 0.15) is 19.0 Å². The van der Waals surface area contributed by atoms with Gasteiger partial charge in [0.05, 0.1) is 0 Å². The van der Waals surface area contributed by atoms with Crippen LogP contribution in [-0.4, -0.2) is 19.2 Å². The van der Waals surface area contributed by atoms with E-state index in [1.54, 1.807) is 0 Å². The number of amidine groups is 1. The molecular formula is C14H12N2O3. The van der Waals surface area contributed by atoms with E-state index in [1.165, 1.54) is 0 Å². The summed E-state index contributed by atoms with van der Waals surface area (Å²) < 4.78 is 17.0. The predicted octanol–water partition coefficient (Wildman–Crippen LogP) is 1.42. The normalized spacial score (nSPS) is 27.1. The van der Waals surface area contributed by atoms with Crippen LogP contribution in [0.5, 0.6) is 5.75 Å². The number of nitrogens with two attached hydrogens (primary N) is 1. The lowest BCUT2D eigenvalue weighted by Crippen LogP contribution is -2.35. The van der Waals surface area contributed by atoms with Gasteiger partial charge in [0.25, 0.3) is 6.02 Å². The molecule has 1 unspecified atom stereocenters. The summed E-state index contributed by atoms with van der Waals surface area (Å²) in [4.78, 5) is 4.48. The van der Waals surface area contributed by atoms with Crippen LogP contribution in [0.1, 0.15) is 5.56 Å². The van der Waals surface area contributed by atoms with E-state index in [1.807, 2.05) is 36.4 Å². The van der Waals surface area contributed by atoms with Crippen molar-refractivity contribution in [3.8, 4) is 5.75 Å². The molecular weight excluding hydrogens is 244 g/mol. The zero-order valence-electron chi connectivity index (χ0n) is 10.1. The Labute approximate surface area is 110 Å². The Morgan fingerprint density at radius 3 is 2.95 bits per heavy atom. The second kappa shape index (κ2) is 3.54. The van der Waals surface area contributed by atoms with E-state index < -0.39 is 5.54 Å². The minimum absolute atomic E-state index is 0.182. The monoisotopic (exact) mass is 256 g/mol. The molecule has 0 aromatic heterocycles. The standard InChI is InChI=1S/C14H12N2O3/c15-13-16-14(8-18-13)9-4-1-2-5-10(9)19-11-6-3-7-17-12(11)14/h1-6H,7-8H2,(H2,15,16). The minimum atomic E-state index is -0.709. The first kappa shape index (κ1) is 10.5. The molecule has 1 aromatic rings. The molecule has 2 N–H and O–H groups in total. The summed E-state index contributed by atoms with van der Waals surface area (Å²) in [5.74, 6) is 2.11. The van der Waals surface area contributed by atoms with Crippen LogP contribution in [0.15, 0.2) is 52.9 Å². The van der Waals surface area contributed by atoms with E-state index in [-0.39, 0.29) is 6.02 Å². The highest BCUT2D eigenvalue weighted by molar-refractivity contribution is 5.75. The molecule has 3 aliphatic heterocycles. The fourth-order valence-electron chi connectivity index (χ4n) is 2.66. The molecule has 5 heteroatoms. The highest BCUT2D eigenvalue weighted by atomic mass is 16.5. The van der Waals surface area contributed by atoms with Gasteiger partial charge in [0.2, 0.25) is 0 Å². The third-order valence-corrected chi connectivity index (χ3v) is 3.48. The van der Waals surface area contributed by atoms with Crippen LogP contribution in [0.25, 0.3) is 0 Å². The zero-order chi connectivity index (χ0) is 12.9. The molecule has 1 aromatic carbocycles. The number of nitrogens with zero attached hydrogens (tertiary/aromatic N) is 1. The molecule has 0 aliphatic carbocycles. The van der Waals surface area contributed by atoms with Gasteiger partial charge >= 0.3 is 0 Å². The molecule has 4 rings (SSSR count). The Balaban J connectivity index is 1.99. The van der Waals surface area contributed by atoms with Gasteiger partial charge in [-0.15, -0.1) is 0 Å². The van der Waals surface area contributed by atoms with Crippen molar-refractivity contribution in [3.63, 3.8) is 0 Å². The van der Waals surface area contributed by atoms with Gasteiger partial charge in [0, 0.05) is 5.56 Å². The summed E-state index contributed by atoms with van der Waals surface area (Å²) in [6.45, 7) is 0.841. The highest BCUT2D eigenvalue weighted by Crippen LogP contribution is 2.48. The van der Waals surface area contributed by atoms with Gasteiger partial charge in [-0.2, -0.15) is 0 Å². The van der Waals surface area contributed by atoms with E-state index in [4.69, 9.17) is 19.9 Å². The SMILES string of the molecule is NC1=NC2(CO1)C1=C(C=CCO1)Oc1ccccc12. The summed E-state index contributed by atoms with van der Waals surface area (Å²) in [7, 11) is 0. The average Bonchev–Trinajstić information content (AvgIpc) is 2.82. The summed E-state index contributed by atoms with van der Waals surface area (Å²) in [5.41, 5.74) is 5.92. The van der Waals surface area contributed by atoms with E-state index in [0.717, 1.165) is 11.3 Å².